The van der Waals surface area contributed by atoms with Crippen LogP contribution in [0.15, 0.2) is 82.8 Å². The van der Waals surface area contributed by atoms with Gasteiger partial charge >= 0.3 is 0 Å². The third-order valence-electron chi connectivity index (χ3n) is 4.58. The summed E-state index contributed by atoms with van der Waals surface area (Å²) in [4.78, 5) is 12.8. The standard InChI is InChI=1S/C24H24ClN3O4S/c1-3-32-23-10-5-4-9-22(23)28(33(30,31)21-13-11-18(2)12-14-21)17-24(29)27-26-16-19-7-6-8-20(25)15-19/h4-16H,3,17H2,1-2H3,(H,27,29)/b26-16-. The van der Waals surface area contributed by atoms with E-state index in [0.29, 0.717) is 22.9 Å². The minimum Gasteiger partial charge on any atom is -0.492 e. The normalized spacial score (nSPS) is 11.4. The Balaban J connectivity index is 1.90. The zero-order valence-electron chi connectivity index (χ0n) is 18.2. The van der Waals surface area contributed by atoms with Gasteiger partial charge in [-0.15, -0.1) is 0 Å². The van der Waals surface area contributed by atoms with Gasteiger partial charge in [-0.05, 0) is 55.8 Å². The molecule has 0 bridgehead atoms. The predicted octanol–water partition coefficient (Wildman–Crippen LogP) is 4.39. The molecule has 0 fully saturated rings. The first-order chi connectivity index (χ1) is 15.8. The topological polar surface area (TPSA) is 88.1 Å². The van der Waals surface area contributed by atoms with Gasteiger partial charge < -0.3 is 4.74 Å². The summed E-state index contributed by atoms with van der Waals surface area (Å²) in [6, 6.07) is 20.0. The van der Waals surface area contributed by atoms with E-state index >= 15 is 0 Å². The summed E-state index contributed by atoms with van der Waals surface area (Å²) in [6.45, 7) is 3.51. The second kappa shape index (κ2) is 11.0. The summed E-state index contributed by atoms with van der Waals surface area (Å²) in [5, 5.41) is 4.45. The molecule has 0 atom stereocenters. The highest BCUT2D eigenvalue weighted by Crippen LogP contribution is 2.32. The number of benzene rings is 3. The first-order valence-electron chi connectivity index (χ1n) is 10.2. The zero-order chi connectivity index (χ0) is 23.8. The molecular weight excluding hydrogens is 462 g/mol. The number of carbonyl (C=O) groups is 1. The monoisotopic (exact) mass is 485 g/mol. The lowest BCUT2D eigenvalue weighted by Crippen LogP contribution is -2.39. The van der Waals surface area contributed by atoms with E-state index in [-0.39, 0.29) is 10.6 Å². The molecule has 0 aliphatic rings. The Morgan fingerprint density at radius 2 is 1.82 bits per heavy atom. The van der Waals surface area contributed by atoms with Gasteiger partial charge in [0, 0.05) is 5.02 Å². The number of anilines is 1. The lowest BCUT2D eigenvalue weighted by molar-refractivity contribution is -0.119. The lowest BCUT2D eigenvalue weighted by Gasteiger charge is -2.25. The second-order valence-corrected chi connectivity index (χ2v) is 9.37. The van der Waals surface area contributed by atoms with Crippen LogP contribution in [0, 0.1) is 6.92 Å². The number of nitrogens with one attached hydrogen (secondary N) is 1. The smallest absolute Gasteiger partial charge is 0.264 e. The van der Waals surface area contributed by atoms with Gasteiger partial charge in [0.05, 0.1) is 23.4 Å². The number of ether oxygens (including phenoxy) is 1. The van der Waals surface area contributed by atoms with E-state index in [1.165, 1.54) is 18.3 Å². The van der Waals surface area contributed by atoms with Crippen LogP contribution >= 0.6 is 11.6 Å². The van der Waals surface area contributed by atoms with E-state index in [2.05, 4.69) is 10.5 Å². The molecule has 0 unspecified atom stereocenters. The lowest BCUT2D eigenvalue weighted by atomic mass is 10.2. The van der Waals surface area contributed by atoms with Crippen molar-refractivity contribution < 1.29 is 17.9 Å². The number of hydrazone groups is 1. The Bertz CT molecular complexity index is 1240. The fourth-order valence-electron chi connectivity index (χ4n) is 3.01. The summed E-state index contributed by atoms with van der Waals surface area (Å²) >= 11 is 5.95. The molecule has 1 N–H and O–H groups in total. The average Bonchev–Trinajstić information content (AvgIpc) is 2.78. The minimum absolute atomic E-state index is 0.0645. The van der Waals surface area contributed by atoms with Crippen LogP contribution in [-0.4, -0.2) is 33.7 Å². The minimum atomic E-state index is -4.07. The molecule has 0 aliphatic carbocycles. The highest BCUT2D eigenvalue weighted by atomic mass is 35.5. The molecule has 7 nitrogen and oxygen atoms in total. The molecule has 1 amide bonds. The molecule has 0 radical (unpaired) electrons. The first-order valence-corrected chi connectivity index (χ1v) is 12.0. The fourth-order valence-corrected chi connectivity index (χ4v) is 4.64. The molecule has 3 rings (SSSR count). The van der Waals surface area contributed by atoms with Crippen LogP contribution in [-0.2, 0) is 14.8 Å². The molecule has 0 saturated carbocycles. The van der Waals surface area contributed by atoms with E-state index in [1.54, 1.807) is 67.6 Å². The number of hydrogen-bond acceptors (Lipinski definition) is 5. The molecule has 0 saturated heterocycles. The Morgan fingerprint density at radius 1 is 1.09 bits per heavy atom. The third-order valence-corrected chi connectivity index (χ3v) is 6.59. The van der Waals surface area contributed by atoms with Crippen LogP contribution in [0.5, 0.6) is 5.75 Å². The number of nitrogens with zero attached hydrogens (tertiary/aromatic N) is 2. The number of hydrogen-bond donors (Lipinski definition) is 1. The van der Waals surface area contributed by atoms with Crippen LogP contribution in [0.25, 0.3) is 0 Å². The molecular formula is C24H24ClN3O4S. The predicted molar refractivity (Wildman–Crippen MR) is 131 cm³/mol. The quantitative estimate of drug-likeness (QED) is 0.359. The summed E-state index contributed by atoms with van der Waals surface area (Å²) in [6.07, 6.45) is 1.43. The number of para-hydroxylation sites is 2. The van der Waals surface area contributed by atoms with Crippen LogP contribution in [0.1, 0.15) is 18.1 Å². The van der Waals surface area contributed by atoms with Gasteiger partial charge in [-0.3, -0.25) is 9.10 Å². The van der Waals surface area contributed by atoms with Gasteiger partial charge in [0.25, 0.3) is 15.9 Å². The van der Waals surface area contributed by atoms with E-state index in [1.807, 2.05) is 6.92 Å². The molecule has 0 spiro atoms. The van der Waals surface area contributed by atoms with Crippen molar-refractivity contribution in [3.05, 3.63) is 88.9 Å². The van der Waals surface area contributed by atoms with E-state index < -0.39 is 22.5 Å². The van der Waals surface area contributed by atoms with Crippen molar-refractivity contribution in [2.45, 2.75) is 18.7 Å². The first kappa shape index (κ1) is 24.3. The average molecular weight is 486 g/mol. The molecule has 0 aromatic heterocycles. The number of sulfonamides is 1. The van der Waals surface area contributed by atoms with Crippen LogP contribution in [0.3, 0.4) is 0 Å². The van der Waals surface area contributed by atoms with Crippen molar-refractivity contribution in [1.29, 1.82) is 0 Å². The van der Waals surface area contributed by atoms with Crippen molar-refractivity contribution in [2.75, 3.05) is 17.5 Å². The van der Waals surface area contributed by atoms with Crippen LogP contribution < -0.4 is 14.5 Å². The third kappa shape index (κ3) is 6.34. The van der Waals surface area contributed by atoms with Gasteiger partial charge in [0.1, 0.15) is 12.3 Å². The van der Waals surface area contributed by atoms with Crippen molar-refractivity contribution in [3.63, 3.8) is 0 Å². The highest BCUT2D eigenvalue weighted by Gasteiger charge is 2.29. The Kier molecular flexibility index (Phi) is 8.08. The summed E-state index contributed by atoms with van der Waals surface area (Å²) < 4.78 is 33.7. The molecule has 9 heteroatoms. The maximum absolute atomic E-state index is 13.5. The van der Waals surface area contributed by atoms with Gasteiger partial charge in [-0.25, -0.2) is 13.8 Å². The van der Waals surface area contributed by atoms with Gasteiger partial charge in [0.15, 0.2) is 0 Å². The molecule has 33 heavy (non-hydrogen) atoms. The number of carbonyl (C=O) groups excluding carboxylic acids is 1. The van der Waals surface area contributed by atoms with Crippen molar-refractivity contribution in [1.82, 2.24) is 5.43 Å². The van der Waals surface area contributed by atoms with Crippen molar-refractivity contribution >= 4 is 39.4 Å². The number of amides is 1. The van der Waals surface area contributed by atoms with E-state index in [4.69, 9.17) is 16.3 Å². The summed E-state index contributed by atoms with van der Waals surface area (Å²) in [5.74, 6) is -0.263. The summed E-state index contributed by atoms with van der Waals surface area (Å²) in [5.41, 5.74) is 4.24. The van der Waals surface area contributed by atoms with Crippen molar-refractivity contribution in [3.8, 4) is 5.75 Å². The maximum Gasteiger partial charge on any atom is 0.264 e. The zero-order valence-corrected chi connectivity index (χ0v) is 19.8. The Labute approximate surface area is 198 Å². The number of halogens is 1. The van der Waals surface area contributed by atoms with Gasteiger partial charge in [0.2, 0.25) is 0 Å². The van der Waals surface area contributed by atoms with Crippen molar-refractivity contribution in [2.24, 2.45) is 5.10 Å². The molecule has 0 heterocycles. The highest BCUT2D eigenvalue weighted by molar-refractivity contribution is 7.92. The number of rotatable bonds is 9. The second-order valence-electron chi connectivity index (χ2n) is 7.07. The van der Waals surface area contributed by atoms with Gasteiger partial charge in [-0.1, -0.05) is 53.6 Å². The molecule has 3 aromatic carbocycles. The SMILES string of the molecule is CCOc1ccccc1N(CC(=O)N/N=C\c1cccc(Cl)c1)S(=O)(=O)c1ccc(C)cc1. The maximum atomic E-state index is 13.5. The molecule has 172 valence electrons. The van der Waals surface area contributed by atoms with Crippen LogP contribution in [0.2, 0.25) is 5.02 Å². The largest absolute Gasteiger partial charge is 0.492 e. The Hall–Kier alpha value is -3.36. The van der Waals surface area contributed by atoms with Crippen LogP contribution in [0.4, 0.5) is 5.69 Å². The summed E-state index contributed by atoms with van der Waals surface area (Å²) in [7, 11) is -4.07. The Morgan fingerprint density at radius 3 is 2.52 bits per heavy atom. The fraction of sp³-hybridized carbons (Fsp3) is 0.167. The molecule has 3 aromatic rings. The number of aryl methyl sites for hydroxylation is 1. The molecule has 0 aliphatic heterocycles. The van der Waals surface area contributed by atoms with E-state index in [9.17, 15) is 13.2 Å². The van der Waals surface area contributed by atoms with E-state index in [0.717, 1.165) is 9.87 Å². The van der Waals surface area contributed by atoms with Gasteiger partial charge in [-0.2, -0.15) is 5.10 Å².